The Morgan fingerprint density at radius 1 is 1.22 bits per heavy atom. The Morgan fingerprint density at radius 2 is 1.83 bits per heavy atom. The van der Waals surface area contributed by atoms with Crippen LogP contribution in [0.2, 0.25) is 0 Å². The molecule has 1 fully saturated rings. The Kier molecular flexibility index (Phi) is 6.38. The van der Waals surface area contributed by atoms with E-state index < -0.39 is 5.97 Å². The highest BCUT2D eigenvalue weighted by Crippen LogP contribution is 2.28. The van der Waals surface area contributed by atoms with E-state index in [2.05, 4.69) is 15.3 Å². The number of nitrogens with zero attached hydrogens (tertiary/aromatic N) is 2. The number of hydrogen-bond donors (Lipinski definition) is 2. The van der Waals surface area contributed by atoms with Crippen LogP contribution in [0, 0.1) is 25.7 Å². The number of carbonyl (C=O) groups is 2. The summed E-state index contributed by atoms with van der Waals surface area (Å²) in [5.41, 5.74) is 1.80. The number of nitrogens with one attached hydrogen (secondary N) is 1. The standard InChI is InChI=1S/C16H23N3O3S/c1-10-7-11(2)19-16(18-10)23-9-14(20)17-8-12-3-5-13(6-4-12)15(21)22/h7,12-13H,3-6,8-9H2,1-2H3,(H,17,20)(H,21,22). The first kappa shape index (κ1) is 17.7. The molecule has 0 radical (unpaired) electrons. The molecule has 1 aliphatic rings. The Morgan fingerprint density at radius 3 is 2.39 bits per heavy atom. The summed E-state index contributed by atoms with van der Waals surface area (Å²) in [6, 6.07) is 1.90. The van der Waals surface area contributed by atoms with Crippen molar-refractivity contribution in [2.45, 2.75) is 44.7 Å². The zero-order valence-electron chi connectivity index (χ0n) is 13.5. The first-order chi connectivity index (χ1) is 10.9. The van der Waals surface area contributed by atoms with Gasteiger partial charge in [-0.25, -0.2) is 9.97 Å². The lowest BCUT2D eigenvalue weighted by atomic mass is 9.82. The molecule has 2 rings (SSSR count). The molecule has 1 heterocycles. The molecule has 1 aliphatic carbocycles. The van der Waals surface area contributed by atoms with Crippen LogP contribution in [0.25, 0.3) is 0 Å². The van der Waals surface area contributed by atoms with Gasteiger partial charge in [-0.1, -0.05) is 11.8 Å². The van der Waals surface area contributed by atoms with Gasteiger partial charge in [-0.05, 0) is 51.5 Å². The van der Waals surface area contributed by atoms with Gasteiger partial charge in [-0.3, -0.25) is 9.59 Å². The molecule has 0 unspecified atom stereocenters. The second-order valence-electron chi connectivity index (χ2n) is 6.08. The van der Waals surface area contributed by atoms with Crippen LogP contribution in [0.15, 0.2) is 11.2 Å². The third-order valence-electron chi connectivity index (χ3n) is 4.08. The third-order valence-corrected chi connectivity index (χ3v) is 4.93. The van der Waals surface area contributed by atoms with Crippen molar-refractivity contribution in [1.29, 1.82) is 0 Å². The maximum Gasteiger partial charge on any atom is 0.306 e. The van der Waals surface area contributed by atoms with E-state index in [-0.39, 0.29) is 11.8 Å². The van der Waals surface area contributed by atoms with Crippen LogP contribution in [0.3, 0.4) is 0 Å². The normalized spacial score (nSPS) is 21.0. The van der Waals surface area contributed by atoms with Gasteiger partial charge in [0.15, 0.2) is 5.16 Å². The predicted octanol–water partition coefficient (Wildman–Crippen LogP) is 2.19. The molecule has 2 N–H and O–H groups in total. The lowest BCUT2D eigenvalue weighted by Crippen LogP contribution is -2.33. The van der Waals surface area contributed by atoms with E-state index in [1.54, 1.807) is 0 Å². The molecule has 1 saturated carbocycles. The van der Waals surface area contributed by atoms with Crippen molar-refractivity contribution in [3.63, 3.8) is 0 Å². The summed E-state index contributed by atoms with van der Waals surface area (Å²) in [6.07, 6.45) is 3.15. The fourth-order valence-electron chi connectivity index (χ4n) is 2.81. The van der Waals surface area contributed by atoms with E-state index in [0.29, 0.717) is 36.2 Å². The van der Waals surface area contributed by atoms with Crippen molar-refractivity contribution >= 4 is 23.6 Å². The molecule has 126 valence electrons. The van der Waals surface area contributed by atoms with E-state index in [9.17, 15) is 9.59 Å². The molecule has 1 amide bonds. The van der Waals surface area contributed by atoms with Crippen LogP contribution >= 0.6 is 11.8 Å². The zero-order chi connectivity index (χ0) is 16.8. The third kappa shape index (κ3) is 5.82. The maximum absolute atomic E-state index is 11.9. The van der Waals surface area contributed by atoms with Crippen molar-refractivity contribution in [3.05, 3.63) is 17.5 Å². The van der Waals surface area contributed by atoms with E-state index in [1.807, 2.05) is 19.9 Å². The molecule has 23 heavy (non-hydrogen) atoms. The van der Waals surface area contributed by atoms with Crippen LogP contribution in [0.4, 0.5) is 0 Å². The number of carbonyl (C=O) groups excluding carboxylic acids is 1. The molecule has 0 atom stereocenters. The zero-order valence-corrected chi connectivity index (χ0v) is 14.4. The van der Waals surface area contributed by atoms with Gasteiger partial charge in [0.1, 0.15) is 0 Å². The van der Waals surface area contributed by atoms with Gasteiger partial charge in [0.25, 0.3) is 0 Å². The van der Waals surface area contributed by atoms with Gasteiger partial charge < -0.3 is 10.4 Å². The van der Waals surface area contributed by atoms with Crippen LogP contribution in [0.1, 0.15) is 37.1 Å². The van der Waals surface area contributed by atoms with Gasteiger partial charge in [0.2, 0.25) is 5.91 Å². The predicted molar refractivity (Wildman–Crippen MR) is 88.3 cm³/mol. The van der Waals surface area contributed by atoms with Gasteiger partial charge in [0, 0.05) is 17.9 Å². The van der Waals surface area contributed by atoms with Gasteiger partial charge in [-0.2, -0.15) is 0 Å². The van der Waals surface area contributed by atoms with Crippen molar-refractivity contribution < 1.29 is 14.7 Å². The number of carboxylic acids is 1. The smallest absolute Gasteiger partial charge is 0.306 e. The molecule has 6 nitrogen and oxygen atoms in total. The van der Waals surface area contributed by atoms with E-state index >= 15 is 0 Å². The van der Waals surface area contributed by atoms with Crippen molar-refractivity contribution in [2.75, 3.05) is 12.3 Å². The molecular formula is C16H23N3O3S. The first-order valence-electron chi connectivity index (χ1n) is 7.88. The fourth-order valence-corrected chi connectivity index (χ4v) is 3.59. The number of carboxylic acid groups (broad SMARTS) is 1. The minimum absolute atomic E-state index is 0.0295. The van der Waals surface area contributed by atoms with Crippen LogP contribution in [0.5, 0.6) is 0 Å². The summed E-state index contributed by atoms with van der Waals surface area (Å²) in [5.74, 6) is -0.250. The molecule has 0 aliphatic heterocycles. The quantitative estimate of drug-likeness (QED) is 0.611. The Hall–Kier alpha value is -1.63. The van der Waals surface area contributed by atoms with Gasteiger partial charge in [0.05, 0.1) is 11.7 Å². The number of aromatic nitrogens is 2. The Labute approximate surface area is 140 Å². The summed E-state index contributed by atoms with van der Waals surface area (Å²) < 4.78 is 0. The van der Waals surface area contributed by atoms with E-state index in [4.69, 9.17) is 5.11 Å². The summed E-state index contributed by atoms with van der Waals surface area (Å²) in [6.45, 7) is 4.44. The fraction of sp³-hybridized carbons (Fsp3) is 0.625. The molecule has 0 bridgehead atoms. The number of thioether (sulfide) groups is 1. The molecule has 1 aromatic rings. The van der Waals surface area contributed by atoms with Gasteiger partial charge in [-0.15, -0.1) is 0 Å². The van der Waals surface area contributed by atoms with Crippen molar-refractivity contribution in [2.24, 2.45) is 11.8 Å². The van der Waals surface area contributed by atoms with Crippen molar-refractivity contribution in [1.82, 2.24) is 15.3 Å². The molecule has 7 heteroatoms. The van der Waals surface area contributed by atoms with Gasteiger partial charge >= 0.3 is 5.97 Å². The lowest BCUT2D eigenvalue weighted by Gasteiger charge is -2.26. The molecule has 0 aromatic carbocycles. The average Bonchev–Trinajstić information content (AvgIpc) is 2.50. The van der Waals surface area contributed by atoms with E-state index in [0.717, 1.165) is 24.2 Å². The minimum atomic E-state index is -0.697. The number of rotatable bonds is 6. The average molecular weight is 337 g/mol. The number of aryl methyl sites for hydroxylation is 2. The highest BCUT2D eigenvalue weighted by Gasteiger charge is 2.25. The van der Waals surface area contributed by atoms with E-state index in [1.165, 1.54) is 11.8 Å². The lowest BCUT2D eigenvalue weighted by molar-refractivity contribution is -0.143. The topological polar surface area (TPSA) is 92.2 Å². The molecule has 1 aromatic heterocycles. The minimum Gasteiger partial charge on any atom is -0.481 e. The molecule has 0 spiro atoms. The monoisotopic (exact) mass is 337 g/mol. The first-order valence-corrected chi connectivity index (χ1v) is 8.87. The van der Waals surface area contributed by atoms with Crippen LogP contribution in [-0.4, -0.2) is 39.2 Å². The van der Waals surface area contributed by atoms with Crippen LogP contribution in [-0.2, 0) is 9.59 Å². The summed E-state index contributed by atoms with van der Waals surface area (Å²) in [5, 5.41) is 12.5. The highest BCUT2D eigenvalue weighted by molar-refractivity contribution is 7.99. The highest BCUT2D eigenvalue weighted by atomic mass is 32.2. The Bertz CT molecular complexity index is 551. The van der Waals surface area contributed by atoms with Crippen molar-refractivity contribution in [3.8, 4) is 0 Å². The summed E-state index contributed by atoms with van der Waals surface area (Å²) in [4.78, 5) is 31.4. The number of amides is 1. The number of aliphatic carboxylic acids is 1. The Balaban J connectivity index is 1.68. The summed E-state index contributed by atoms with van der Waals surface area (Å²) in [7, 11) is 0. The second-order valence-corrected chi connectivity index (χ2v) is 7.02. The molecule has 0 saturated heterocycles. The number of hydrogen-bond acceptors (Lipinski definition) is 5. The second kappa shape index (κ2) is 8.29. The van der Waals surface area contributed by atoms with Crippen LogP contribution < -0.4 is 5.32 Å². The maximum atomic E-state index is 11.9. The largest absolute Gasteiger partial charge is 0.481 e. The summed E-state index contributed by atoms with van der Waals surface area (Å²) >= 11 is 1.34. The SMILES string of the molecule is Cc1cc(C)nc(SCC(=O)NCC2CCC(C(=O)O)CC2)n1. The molecular weight excluding hydrogens is 314 g/mol.